The number of aliphatic carboxylic acids is 1. The van der Waals surface area contributed by atoms with Crippen LogP contribution in [0.15, 0.2) is 84.9 Å². The lowest BCUT2D eigenvalue weighted by Crippen LogP contribution is -2.41. The minimum Gasteiger partial charge on any atom is -0.480 e. The van der Waals surface area contributed by atoms with E-state index in [1.807, 2.05) is 67.4 Å². The number of hydrogen-bond donors (Lipinski definition) is 2. The largest absolute Gasteiger partial charge is 0.480 e. The number of thiophene rings is 1. The molecule has 0 aliphatic heterocycles. The zero-order valence-corrected chi connectivity index (χ0v) is 26.6. The van der Waals surface area contributed by atoms with Gasteiger partial charge in [-0.05, 0) is 83.2 Å². The van der Waals surface area contributed by atoms with E-state index in [1.54, 1.807) is 29.2 Å². The lowest BCUT2D eigenvalue weighted by Gasteiger charge is -2.19. The molecule has 5 nitrogen and oxygen atoms in total. The molecule has 3 aromatic carbocycles. The van der Waals surface area contributed by atoms with Crippen LogP contribution in [0, 0.1) is 6.92 Å². The minimum atomic E-state index is -1.03. The van der Waals surface area contributed by atoms with E-state index in [2.05, 4.69) is 48.6 Å². The van der Waals surface area contributed by atoms with Crippen LogP contribution in [0.25, 0.3) is 21.6 Å². The van der Waals surface area contributed by atoms with Gasteiger partial charge in [0.1, 0.15) is 12.1 Å². The van der Waals surface area contributed by atoms with E-state index in [0.29, 0.717) is 24.3 Å². The third kappa shape index (κ3) is 8.51. The summed E-state index contributed by atoms with van der Waals surface area (Å²) in [6.45, 7) is 4.55. The van der Waals surface area contributed by atoms with Crippen LogP contribution in [-0.4, -0.2) is 46.5 Å². The number of thioether (sulfide) groups is 2. The van der Waals surface area contributed by atoms with Crippen molar-refractivity contribution in [1.29, 1.82) is 0 Å². The van der Waals surface area contributed by atoms with Gasteiger partial charge >= 0.3 is 5.97 Å². The highest BCUT2D eigenvalue weighted by atomic mass is 32.2. The van der Waals surface area contributed by atoms with E-state index in [-0.39, 0.29) is 6.10 Å². The molecule has 1 aromatic heterocycles. The Hall–Kier alpha value is -3.04. The number of ether oxygens (including phenoxy) is 1. The molecule has 4 aromatic rings. The zero-order chi connectivity index (χ0) is 29.9. The smallest absolute Gasteiger partial charge is 0.326 e. The lowest BCUT2D eigenvalue weighted by atomic mass is 9.93. The molecule has 0 saturated heterocycles. The Labute approximate surface area is 261 Å². The highest BCUT2D eigenvalue weighted by molar-refractivity contribution is 7.99. The van der Waals surface area contributed by atoms with Gasteiger partial charge in [-0.2, -0.15) is 23.5 Å². The minimum absolute atomic E-state index is 0.0601. The fraction of sp³-hybridized carbons (Fsp3) is 0.294. The summed E-state index contributed by atoms with van der Waals surface area (Å²) in [4.78, 5) is 27.6. The molecule has 220 valence electrons. The van der Waals surface area contributed by atoms with Gasteiger partial charge < -0.3 is 15.2 Å². The number of amides is 1. The quantitative estimate of drug-likeness (QED) is 0.139. The van der Waals surface area contributed by atoms with Gasteiger partial charge in [0.2, 0.25) is 0 Å². The molecule has 1 heterocycles. The average Bonchev–Trinajstić information content (AvgIpc) is 3.50. The molecule has 0 aliphatic rings. The van der Waals surface area contributed by atoms with Crippen molar-refractivity contribution in [2.45, 2.75) is 39.0 Å². The summed E-state index contributed by atoms with van der Waals surface area (Å²) in [6, 6.07) is 27.4. The number of carboxylic acid groups (broad SMARTS) is 1. The highest BCUT2D eigenvalue weighted by Gasteiger charge is 2.23. The highest BCUT2D eigenvalue weighted by Crippen LogP contribution is 2.35. The first-order valence-corrected chi connectivity index (χ1v) is 17.3. The van der Waals surface area contributed by atoms with Gasteiger partial charge in [-0.3, -0.25) is 4.79 Å². The summed E-state index contributed by atoms with van der Waals surface area (Å²) >= 11 is 5.17. The Morgan fingerprint density at radius 3 is 2.45 bits per heavy atom. The van der Waals surface area contributed by atoms with Crippen molar-refractivity contribution in [2.24, 2.45) is 0 Å². The fourth-order valence-corrected chi connectivity index (χ4v) is 6.99. The average molecular weight is 620 g/mol. The van der Waals surface area contributed by atoms with E-state index in [0.717, 1.165) is 33.8 Å². The van der Waals surface area contributed by atoms with E-state index in [4.69, 9.17) is 4.74 Å². The third-order valence-corrected chi connectivity index (χ3v) is 9.72. The van der Waals surface area contributed by atoms with Crippen molar-refractivity contribution in [2.75, 3.05) is 23.5 Å². The Morgan fingerprint density at radius 2 is 1.74 bits per heavy atom. The maximum absolute atomic E-state index is 13.4. The van der Waals surface area contributed by atoms with Crippen molar-refractivity contribution >= 4 is 46.7 Å². The Bertz CT molecular complexity index is 1470. The number of hydrogen-bond acceptors (Lipinski definition) is 6. The molecule has 0 saturated carbocycles. The third-order valence-electron chi connectivity index (χ3n) is 6.90. The van der Waals surface area contributed by atoms with Gasteiger partial charge in [0, 0.05) is 21.1 Å². The second-order valence-electron chi connectivity index (χ2n) is 9.87. The second kappa shape index (κ2) is 16.0. The predicted molar refractivity (Wildman–Crippen MR) is 179 cm³/mol. The molecule has 0 spiro atoms. The van der Waals surface area contributed by atoms with Gasteiger partial charge in [0.25, 0.3) is 5.91 Å². The van der Waals surface area contributed by atoms with Crippen LogP contribution >= 0.6 is 34.9 Å². The molecule has 4 rings (SSSR count). The molecule has 0 radical (unpaired) electrons. The normalized spacial score (nSPS) is 12.5. The van der Waals surface area contributed by atoms with Crippen LogP contribution in [0.4, 0.5) is 0 Å². The molecule has 0 fully saturated rings. The van der Waals surface area contributed by atoms with Crippen molar-refractivity contribution in [1.82, 2.24) is 5.32 Å². The monoisotopic (exact) mass is 619 g/mol. The number of carbonyl (C=O) groups excluding carboxylic acids is 1. The van der Waals surface area contributed by atoms with Crippen molar-refractivity contribution in [3.05, 3.63) is 106 Å². The first-order valence-electron chi connectivity index (χ1n) is 14.0. The summed E-state index contributed by atoms with van der Waals surface area (Å²) in [7, 11) is 0. The van der Waals surface area contributed by atoms with Gasteiger partial charge in [-0.25, -0.2) is 4.79 Å². The van der Waals surface area contributed by atoms with Crippen LogP contribution in [0.2, 0.25) is 0 Å². The SMILES string of the molecule is CCSCC(OCc1ccc(C(=O)NC(CCSC)C(=O)O)c(-c2ccccc2C)c1)c1ccc(-c2ccccc2)s1. The summed E-state index contributed by atoms with van der Waals surface area (Å²) in [6.07, 6.45) is 2.22. The summed E-state index contributed by atoms with van der Waals surface area (Å²) in [5, 5.41) is 12.4. The first kappa shape index (κ1) is 31.9. The Kier molecular flexibility index (Phi) is 12.1. The maximum Gasteiger partial charge on any atom is 0.326 e. The van der Waals surface area contributed by atoms with Crippen LogP contribution in [-0.2, 0) is 16.1 Å². The lowest BCUT2D eigenvalue weighted by molar-refractivity contribution is -0.139. The molecule has 2 N–H and O–H groups in total. The van der Waals surface area contributed by atoms with Crippen LogP contribution in [0.3, 0.4) is 0 Å². The second-order valence-corrected chi connectivity index (χ2v) is 13.3. The van der Waals surface area contributed by atoms with Crippen LogP contribution in [0.5, 0.6) is 0 Å². The number of carbonyl (C=O) groups is 2. The maximum atomic E-state index is 13.4. The summed E-state index contributed by atoms with van der Waals surface area (Å²) in [5.74, 6) is 1.08. The Balaban J connectivity index is 1.59. The zero-order valence-electron chi connectivity index (χ0n) is 24.2. The van der Waals surface area contributed by atoms with Crippen LogP contribution in [0.1, 0.15) is 45.8 Å². The molecule has 0 aliphatic carbocycles. The number of rotatable bonds is 15. The molecule has 8 heteroatoms. The predicted octanol–water partition coefficient (Wildman–Crippen LogP) is 8.34. The molecular formula is C34H37NO4S3. The topological polar surface area (TPSA) is 75.6 Å². The standard InChI is InChI=1S/C34H37NO4S3/c1-4-41-22-30(32-17-16-31(42-32)25-11-6-5-7-12-25)39-21-24-14-15-27(28(20-24)26-13-9-8-10-23(26)2)33(36)35-29(34(37)38)18-19-40-3/h5-17,20,29-30H,4,18-19,21-22H2,1-3H3,(H,35,36)(H,37,38). The molecule has 1 amide bonds. The van der Waals surface area contributed by atoms with Gasteiger partial charge in [-0.15, -0.1) is 11.3 Å². The summed E-state index contributed by atoms with van der Waals surface area (Å²) in [5.41, 5.74) is 5.34. The molecule has 0 bridgehead atoms. The van der Waals surface area contributed by atoms with E-state index < -0.39 is 17.9 Å². The van der Waals surface area contributed by atoms with E-state index in [9.17, 15) is 14.7 Å². The molecule has 2 atom stereocenters. The number of carboxylic acids is 1. The van der Waals surface area contributed by atoms with Gasteiger partial charge in [0.15, 0.2) is 0 Å². The van der Waals surface area contributed by atoms with Crippen LogP contribution < -0.4 is 5.32 Å². The Morgan fingerprint density at radius 1 is 0.976 bits per heavy atom. The number of benzene rings is 3. The summed E-state index contributed by atoms with van der Waals surface area (Å²) < 4.78 is 6.54. The number of nitrogens with one attached hydrogen (secondary N) is 1. The van der Waals surface area contributed by atoms with Crippen molar-refractivity contribution < 1.29 is 19.4 Å². The van der Waals surface area contributed by atoms with Crippen molar-refractivity contribution in [3.63, 3.8) is 0 Å². The van der Waals surface area contributed by atoms with E-state index in [1.165, 1.54) is 15.3 Å². The van der Waals surface area contributed by atoms with Gasteiger partial charge in [-0.1, -0.05) is 67.6 Å². The number of aryl methyl sites for hydroxylation is 1. The molecule has 2 unspecified atom stereocenters. The van der Waals surface area contributed by atoms with Crippen molar-refractivity contribution in [3.8, 4) is 21.6 Å². The van der Waals surface area contributed by atoms with Gasteiger partial charge in [0.05, 0.1) is 6.61 Å². The molecular weight excluding hydrogens is 583 g/mol. The van der Waals surface area contributed by atoms with E-state index >= 15 is 0 Å². The fourth-order valence-electron chi connectivity index (χ4n) is 4.62. The first-order chi connectivity index (χ1) is 20.4. The molecule has 42 heavy (non-hydrogen) atoms.